The van der Waals surface area contributed by atoms with Crippen LogP contribution in [-0.2, 0) is 12.8 Å². The molecule has 5 heteroatoms. The predicted octanol–water partition coefficient (Wildman–Crippen LogP) is 2.86. The Morgan fingerprint density at radius 3 is 2.76 bits per heavy atom. The first-order valence-corrected chi connectivity index (χ1v) is 7.45. The Kier molecular flexibility index (Phi) is 7.45. The molecule has 0 saturated heterocycles. The van der Waals surface area contributed by atoms with E-state index >= 15 is 0 Å². The molecule has 0 fully saturated rings. The third-order valence-electron chi connectivity index (χ3n) is 3.99. The fraction of sp³-hybridized carbons (Fsp3) is 0.562. The van der Waals surface area contributed by atoms with E-state index in [0.717, 1.165) is 18.8 Å². The number of hydrogen-bond donors (Lipinski definition) is 2. The van der Waals surface area contributed by atoms with Crippen molar-refractivity contribution >= 4 is 35.6 Å². The minimum absolute atomic E-state index is 0. The van der Waals surface area contributed by atoms with E-state index in [9.17, 15) is 0 Å². The Morgan fingerprint density at radius 1 is 1.33 bits per heavy atom. The van der Waals surface area contributed by atoms with Crippen LogP contribution in [-0.4, -0.2) is 37.0 Å². The highest BCUT2D eigenvalue weighted by Gasteiger charge is 2.10. The van der Waals surface area contributed by atoms with Crippen LogP contribution < -0.4 is 11.1 Å². The lowest BCUT2D eigenvalue weighted by Crippen LogP contribution is -2.30. The Morgan fingerprint density at radius 2 is 2.05 bits per heavy atom. The van der Waals surface area contributed by atoms with Crippen LogP contribution in [0.5, 0.6) is 0 Å². The lowest BCUT2D eigenvalue weighted by Gasteiger charge is -2.19. The molecule has 0 aliphatic heterocycles. The number of anilines is 1. The molecule has 1 aromatic rings. The summed E-state index contributed by atoms with van der Waals surface area (Å²) < 4.78 is 0. The molecule has 3 N–H and O–H groups in total. The highest BCUT2D eigenvalue weighted by Crippen LogP contribution is 2.24. The van der Waals surface area contributed by atoms with Crippen molar-refractivity contribution in [3.63, 3.8) is 0 Å². The number of halogens is 1. The summed E-state index contributed by atoms with van der Waals surface area (Å²) in [5.41, 5.74) is 9.90. The summed E-state index contributed by atoms with van der Waals surface area (Å²) in [6, 6.07) is 7.03. The topological polar surface area (TPSA) is 53.6 Å². The van der Waals surface area contributed by atoms with E-state index in [1.165, 1.54) is 30.4 Å². The van der Waals surface area contributed by atoms with Crippen LogP contribution in [0.1, 0.15) is 31.4 Å². The first-order valence-electron chi connectivity index (χ1n) is 7.45. The monoisotopic (exact) mass is 402 g/mol. The predicted molar refractivity (Wildman–Crippen MR) is 102 cm³/mol. The van der Waals surface area contributed by atoms with Gasteiger partial charge in [0.15, 0.2) is 5.96 Å². The number of nitrogens with one attached hydrogen (secondary N) is 1. The Balaban J connectivity index is 0.00000220. The molecule has 0 atom stereocenters. The molecule has 0 heterocycles. The van der Waals surface area contributed by atoms with Gasteiger partial charge in [-0.25, -0.2) is 0 Å². The molecule has 0 amide bonds. The lowest BCUT2D eigenvalue weighted by molar-refractivity contribution is 0.282. The summed E-state index contributed by atoms with van der Waals surface area (Å²) >= 11 is 0. The fourth-order valence-electron chi connectivity index (χ4n) is 2.42. The van der Waals surface area contributed by atoms with Gasteiger partial charge in [-0.3, -0.25) is 4.99 Å². The highest BCUT2D eigenvalue weighted by atomic mass is 127. The van der Waals surface area contributed by atoms with Gasteiger partial charge < -0.3 is 16.0 Å². The quantitative estimate of drug-likeness (QED) is 0.453. The first kappa shape index (κ1) is 18.2. The van der Waals surface area contributed by atoms with Gasteiger partial charge in [0.05, 0.1) is 6.54 Å². The highest BCUT2D eigenvalue weighted by molar-refractivity contribution is 14.0. The smallest absolute Gasteiger partial charge is 0.193 e. The normalized spacial score (nSPS) is 14.2. The van der Waals surface area contributed by atoms with Gasteiger partial charge in [0.1, 0.15) is 0 Å². The second-order valence-electron chi connectivity index (χ2n) is 5.80. The van der Waals surface area contributed by atoms with Crippen molar-refractivity contribution in [2.24, 2.45) is 10.7 Å². The number of benzene rings is 1. The number of likely N-dealkylation sites (N-methyl/N-ethyl adjacent to an activating group) is 1. The van der Waals surface area contributed by atoms with Gasteiger partial charge in [-0.1, -0.05) is 6.07 Å². The summed E-state index contributed by atoms with van der Waals surface area (Å²) in [7, 11) is 2.10. The summed E-state index contributed by atoms with van der Waals surface area (Å²) in [5.74, 6) is 0.500. The Hall–Kier alpha value is -0.820. The van der Waals surface area contributed by atoms with Crippen LogP contribution in [0.25, 0.3) is 0 Å². The van der Waals surface area contributed by atoms with Gasteiger partial charge in [-0.05, 0) is 63.4 Å². The van der Waals surface area contributed by atoms with Crippen LogP contribution in [0, 0.1) is 0 Å². The average molecular weight is 402 g/mol. The van der Waals surface area contributed by atoms with Gasteiger partial charge >= 0.3 is 0 Å². The van der Waals surface area contributed by atoms with E-state index in [-0.39, 0.29) is 24.0 Å². The van der Waals surface area contributed by atoms with E-state index < -0.39 is 0 Å². The van der Waals surface area contributed by atoms with Gasteiger partial charge in [-0.15, -0.1) is 24.0 Å². The number of aliphatic imine (C=N–C) groups is 1. The Bertz CT molecular complexity index is 485. The molecule has 0 spiro atoms. The zero-order valence-electron chi connectivity index (χ0n) is 13.2. The van der Waals surface area contributed by atoms with Crippen LogP contribution in [0.15, 0.2) is 23.2 Å². The maximum absolute atomic E-state index is 5.93. The molecule has 1 aliphatic rings. The standard InChI is InChI=1S/C16H26N4.HI/c1-12(2)20(3)10-9-18-16(17)19-15-8-7-13-5-4-6-14(13)11-15;/h7-8,11-12H,4-6,9-10H2,1-3H3,(H3,17,18,19);1H. The Labute approximate surface area is 145 Å². The molecule has 0 bridgehead atoms. The minimum Gasteiger partial charge on any atom is -0.370 e. The van der Waals surface area contributed by atoms with Crippen molar-refractivity contribution in [1.82, 2.24) is 4.90 Å². The second kappa shape index (κ2) is 8.58. The van der Waals surface area contributed by atoms with Crippen molar-refractivity contribution in [2.75, 3.05) is 25.5 Å². The van der Waals surface area contributed by atoms with Gasteiger partial charge in [0.25, 0.3) is 0 Å². The van der Waals surface area contributed by atoms with Crippen LogP contribution in [0.4, 0.5) is 5.69 Å². The van der Waals surface area contributed by atoms with E-state index in [1.54, 1.807) is 0 Å². The zero-order valence-corrected chi connectivity index (χ0v) is 15.6. The van der Waals surface area contributed by atoms with Gasteiger partial charge in [0, 0.05) is 18.3 Å². The molecule has 0 saturated carbocycles. The number of nitrogens with two attached hydrogens (primary N) is 1. The molecule has 4 nitrogen and oxygen atoms in total. The van der Waals surface area contributed by atoms with E-state index in [0.29, 0.717) is 12.0 Å². The number of aryl methyl sites for hydroxylation is 2. The third-order valence-corrected chi connectivity index (χ3v) is 3.99. The number of guanidine groups is 1. The summed E-state index contributed by atoms with van der Waals surface area (Å²) in [4.78, 5) is 6.63. The molecule has 0 unspecified atom stereocenters. The van der Waals surface area contributed by atoms with Crippen LogP contribution in [0.2, 0.25) is 0 Å². The molecule has 0 radical (unpaired) electrons. The number of nitrogens with zero attached hydrogens (tertiary/aromatic N) is 2. The lowest BCUT2D eigenvalue weighted by atomic mass is 10.1. The molecule has 1 aliphatic carbocycles. The summed E-state index contributed by atoms with van der Waals surface area (Å²) in [5, 5.41) is 3.18. The van der Waals surface area contributed by atoms with Gasteiger partial charge in [0.2, 0.25) is 0 Å². The van der Waals surface area contributed by atoms with E-state index in [1.807, 2.05) is 0 Å². The fourth-order valence-corrected chi connectivity index (χ4v) is 2.42. The van der Waals surface area contributed by atoms with Gasteiger partial charge in [-0.2, -0.15) is 0 Å². The van der Waals surface area contributed by atoms with E-state index in [2.05, 4.69) is 54.3 Å². The molecule has 1 aromatic carbocycles. The summed E-state index contributed by atoms with van der Waals surface area (Å²) in [6.07, 6.45) is 3.66. The van der Waals surface area contributed by atoms with Crippen molar-refractivity contribution in [2.45, 2.75) is 39.2 Å². The molecule has 2 rings (SSSR count). The number of fused-ring (bicyclic) bond motifs is 1. The molecule has 21 heavy (non-hydrogen) atoms. The molecular weight excluding hydrogens is 375 g/mol. The minimum atomic E-state index is 0. The molecule has 0 aromatic heterocycles. The molecular formula is C16H27IN4. The zero-order chi connectivity index (χ0) is 14.5. The maximum atomic E-state index is 5.93. The number of hydrogen-bond acceptors (Lipinski definition) is 2. The maximum Gasteiger partial charge on any atom is 0.193 e. The largest absolute Gasteiger partial charge is 0.370 e. The summed E-state index contributed by atoms with van der Waals surface area (Å²) in [6.45, 7) is 5.99. The average Bonchev–Trinajstić information content (AvgIpc) is 2.85. The second-order valence-corrected chi connectivity index (χ2v) is 5.80. The third kappa shape index (κ3) is 5.47. The molecule has 118 valence electrons. The van der Waals surface area contributed by atoms with Crippen molar-refractivity contribution < 1.29 is 0 Å². The van der Waals surface area contributed by atoms with Crippen molar-refractivity contribution in [3.05, 3.63) is 29.3 Å². The SMILES string of the molecule is CC(C)N(C)CCN=C(N)Nc1ccc2c(c1)CCC2.I. The number of rotatable bonds is 5. The van der Waals surface area contributed by atoms with Crippen LogP contribution in [0.3, 0.4) is 0 Å². The van der Waals surface area contributed by atoms with Crippen LogP contribution >= 0.6 is 24.0 Å². The van der Waals surface area contributed by atoms with Crippen molar-refractivity contribution in [1.29, 1.82) is 0 Å². The van der Waals surface area contributed by atoms with Crippen molar-refractivity contribution in [3.8, 4) is 0 Å². The van der Waals surface area contributed by atoms with E-state index in [4.69, 9.17) is 5.73 Å². The first-order chi connectivity index (χ1) is 9.56.